The highest BCUT2D eigenvalue weighted by Gasteiger charge is 2.48. The van der Waals surface area contributed by atoms with Crippen LogP contribution < -0.4 is 0 Å². The summed E-state index contributed by atoms with van der Waals surface area (Å²) in [6.45, 7) is 4.49. The number of carbonyl (C=O) groups excluding carboxylic acids is 1. The molecule has 0 spiro atoms. The van der Waals surface area contributed by atoms with E-state index in [1.807, 2.05) is 0 Å². The minimum absolute atomic E-state index is 0.436. The van der Waals surface area contributed by atoms with Gasteiger partial charge in [-0.2, -0.15) is 0 Å². The number of ketones is 1. The van der Waals surface area contributed by atoms with Crippen LogP contribution >= 0.6 is 0 Å². The summed E-state index contributed by atoms with van der Waals surface area (Å²) in [6, 6.07) is 0. The topological polar surface area (TPSA) is 17.1 Å². The average molecular weight is 180 g/mol. The van der Waals surface area contributed by atoms with Crippen LogP contribution in [0.4, 0.5) is 0 Å². The average Bonchev–Trinajstić information content (AvgIpc) is 2.82. The number of Topliss-reactive ketones (excluding diaryl/α,β-unsaturated/α-hetero) is 1. The van der Waals surface area contributed by atoms with Crippen molar-refractivity contribution in [2.75, 3.05) is 0 Å². The predicted molar refractivity (Wildman–Crippen MR) is 53.4 cm³/mol. The molecule has 3 atom stereocenters. The molecule has 0 N–H and O–H groups in total. The van der Waals surface area contributed by atoms with Gasteiger partial charge in [-0.15, -0.1) is 0 Å². The van der Waals surface area contributed by atoms with Gasteiger partial charge in [0.2, 0.25) is 0 Å². The summed E-state index contributed by atoms with van der Waals surface area (Å²) in [7, 11) is 0. The fraction of sp³-hybridized carbons (Fsp3) is 0.917. The Labute approximate surface area is 80.9 Å². The zero-order chi connectivity index (χ0) is 9.42. The van der Waals surface area contributed by atoms with E-state index in [0.717, 1.165) is 18.3 Å². The third-order valence-electron chi connectivity index (χ3n) is 3.67. The molecule has 74 valence electrons. The maximum atomic E-state index is 11.8. The van der Waals surface area contributed by atoms with Crippen molar-refractivity contribution in [3.8, 4) is 0 Å². The first-order valence-electron chi connectivity index (χ1n) is 5.72. The summed E-state index contributed by atoms with van der Waals surface area (Å²) < 4.78 is 0. The maximum absolute atomic E-state index is 11.8. The zero-order valence-electron chi connectivity index (χ0n) is 8.75. The molecule has 2 fully saturated rings. The van der Waals surface area contributed by atoms with Crippen LogP contribution in [0.15, 0.2) is 0 Å². The predicted octanol–water partition coefficient (Wildman–Crippen LogP) is 3.04. The molecular weight excluding hydrogens is 160 g/mol. The van der Waals surface area contributed by atoms with Gasteiger partial charge in [-0.05, 0) is 37.5 Å². The van der Waals surface area contributed by atoms with Crippen molar-refractivity contribution in [2.24, 2.45) is 23.7 Å². The van der Waals surface area contributed by atoms with E-state index in [0.29, 0.717) is 17.6 Å². The van der Waals surface area contributed by atoms with Crippen molar-refractivity contribution in [1.82, 2.24) is 0 Å². The smallest absolute Gasteiger partial charge is 0.139 e. The summed E-state index contributed by atoms with van der Waals surface area (Å²) in [5.74, 6) is 3.11. The molecule has 0 aromatic carbocycles. The molecule has 2 aliphatic rings. The SMILES string of the molecule is CC(C)CC[C@@H]1CC[C@H]2C[C@H]2C1=O. The molecule has 0 aromatic rings. The van der Waals surface area contributed by atoms with Crippen molar-refractivity contribution in [1.29, 1.82) is 0 Å². The van der Waals surface area contributed by atoms with E-state index < -0.39 is 0 Å². The Morgan fingerprint density at radius 2 is 2.15 bits per heavy atom. The van der Waals surface area contributed by atoms with E-state index >= 15 is 0 Å². The highest BCUT2D eigenvalue weighted by atomic mass is 16.1. The molecule has 0 amide bonds. The minimum atomic E-state index is 0.436. The summed E-state index contributed by atoms with van der Waals surface area (Å²) in [5.41, 5.74) is 0. The van der Waals surface area contributed by atoms with Crippen molar-refractivity contribution < 1.29 is 4.79 Å². The van der Waals surface area contributed by atoms with Crippen molar-refractivity contribution in [2.45, 2.75) is 46.0 Å². The highest BCUT2D eigenvalue weighted by molar-refractivity contribution is 5.86. The minimum Gasteiger partial charge on any atom is -0.299 e. The number of rotatable bonds is 3. The first-order chi connectivity index (χ1) is 6.18. The molecule has 2 saturated carbocycles. The molecule has 0 unspecified atom stereocenters. The number of fused-ring (bicyclic) bond motifs is 1. The molecule has 2 aliphatic carbocycles. The lowest BCUT2D eigenvalue weighted by atomic mass is 9.83. The lowest BCUT2D eigenvalue weighted by Gasteiger charge is -2.20. The van der Waals surface area contributed by atoms with Gasteiger partial charge in [0.1, 0.15) is 5.78 Å². The number of hydrogen-bond donors (Lipinski definition) is 0. The van der Waals surface area contributed by atoms with Gasteiger partial charge >= 0.3 is 0 Å². The summed E-state index contributed by atoms with van der Waals surface area (Å²) in [5, 5.41) is 0. The summed E-state index contributed by atoms with van der Waals surface area (Å²) >= 11 is 0. The van der Waals surface area contributed by atoms with E-state index in [4.69, 9.17) is 0 Å². The number of carbonyl (C=O) groups is 1. The number of hydrogen-bond acceptors (Lipinski definition) is 1. The Morgan fingerprint density at radius 3 is 2.85 bits per heavy atom. The van der Waals surface area contributed by atoms with Crippen LogP contribution in [0, 0.1) is 23.7 Å². The molecule has 1 nitrogen and oxygen atoms in total. The Hall–Kier alpha value is -0.330. The van der Waals surface area contributed by atoms with Crippen LogP contribution in [0.2, 0.25) is 0 Å². The van der Waals surface area contributed by atoms with Crippen LogP contribution in [-0.2, 0) is 4.79 Å². The third-order valence-corrected chi connectivity index (χ3v) is 3.67. The van der Waals surface area contributed by atoms with E-state index in [-0.39, 0.29) is 0 Å². The highest BCUT2D eigenvalue weighted by Crippen LogP contribution is 2.50. The molecule has 0 aromatic heterocycles. The fourth-order valence-corrected chi connectivity index (χ4v) is 2.60. The molecule has 0 radical (unpaired) electrons. The van der Waals surface area contributed by atoms with Crippen LogP contribution in [0.3, 0.4) is 0 Å². The van der Waals surface area contributed by atoms with Gasteiger partial charge in [-0.25, -0.2) is 0 Å². The van der Waals surface area contributed by atoms with Crippen molar-refractivity contribution in [3.63, 3.8) is 0 Å². The van der Waals surface area contributed by atoms with Gasteiger partial charge in [0.05, 0.1) is 0 Å². The van der Waals surface area contributed by atoms with Crippen LogP contribution in [0.1, 0.15) is 46.0 Å². The Balaban J connectivity index is 1.81. The monoisotopic (exact) mass is 180 g/mol. The van der Waals surface area contributed by atoms with E-state index in [9.17, 15) is 4.79 Å². The molecular formula is C12H20O. The molecule has 0 heterocycles. The van der Waals surface area contributed by atoms with Crippen LogP contribution in [0.5, 0.6) is 0 Å². The Kier molecular flexibility index (Phi) is 2.44. The van der Waals surface area contributed by atoms with Crippen LogP contribution in [0.25, 0.3) is 0 Å². The molecule has 0 bridgehead atoms. The standard InChI is InChI=1S/C12H20O/c1-8(2)3-4-9-5-6-10-7-11(10)12(9)13/h8-11H,3-7H2,1-2H3/t9-,10+,11-/m1/s1. The lowest BCUT2D eigenvalue weighted by molar-refractivity contribution is -0.126. The lowest BCUT2D eigenvalue weighted by Crippen LogP contribution is -2.22. The Bertz CT molecular complexity index is 207. The zero-order valence-corrected chi connectivity index (χ0v) is 8.75. The summed E-state index contributed by atoms with van der Waals surface area (Å²) in [4.78, 5) is 11.8. The van der Waals surface area contributed by atoms with Crippen LogP contribution in [-0.4, -0.2) is 5.78 Å². The fourth-order valence-electron chi connectivity index (χ4n) is 2.60. The second-order valence-electron chi connectivity index (χ2n) is 5.25. The second-order valence-corrected chi connectivity index (χ2v) is 5.25. The van der Waals surface area contributed by atoms with Crippen molar-refractivity contribution >= 4 is 5.78 Å². The van der Waals surface area contributed by atoms with Gasteiger partial charge in [0.25, 0.3) is 0 Å². The van der Waals surface area contributed by atoms with E-state index in [1.165, 1.54) is 25.7 Å². The first-order valence-corrected chi connectivity index (χ1v) is 5.72. The molecule has 1 heteroatoms. The molecule has 13 heavy (non-hydrogen) atoms. The maximum Gasteiger partial charge on any atom is 0.139 e. The van der Waals surface area contributed by atoms with E-state index in [2.05, 4.69) is 13.8 Å². The van der Waals surface area contributed by atoms with E-state index in [1.54, 1.807) is 0 Å². The quantitative estimate of drug-likeness (QED) is 0.652. The molecule has 2 rings (SSSR count). The first kappa shape index (κ1) is 9.23. The van der Waals surface area contributed by atoms with Gasteiger partial charge in [0, 0.05) is 11.8 Å². The largest absolute Gasteiger partial charge is 0.299 e. The van der Waals surface area contributed by atoms with Gasteiger partial charge < -0.3 is 0 Å². The Morgan fingerprint density at radius 1 is 1.38 bits per heavy atom. The van der Waals surface area contributed by atoms with Gasteiger partial charge in [-0.3, -0.25) is 4.79 Å². The van der Waals surface area contributed by atoms with Gasteiger partial charge in [-0.1, -0.05) is 20.3 Å². The molecule has 0 saturated heterocycles. The second kappa shape index (κ2) is 3.43. The van der Waals surface area contributed by atoms with Gasteiger partial charge in [0.15, 0.2) is 0 Å². The summed E-state index contributed by atoms with van der Waals surface area (Å²) in [6.07, 6.45) is 6.12. The molecule has 0 aliphatic heterocycles. The third kappa shape index (κ3) is 1.95. The van der Waals surface area contributed by atoms with Crippen molar-refractivity contribution in [3.05, 3.63) is 0 Å². The normalized spacial score (nSPS) is 37.8.